The van der Waals surface area contributed by atoms with Gasteiger partial charge in [0.1, 0.15) is 0 Å². The van der Waals surface area contributed by atoms with Crippen molar-refractivity contribution in [3.63, 3.8) is 0 Å². The number of carbonyl (C=O) groups is 2. The number of aliphatic carboxylic acids is 1. The first-order valence-corrected chi connectivity index (χ1v) is 7.10. The lowest BCUT2D eigenvalue weighted by Crippen LogP contribution is -2.50. The van der Waals surface area contributed by atoms with E-state index < -0.39 is 11.9 Å². The third-order valence-corrected chi connectivity index (χ3v) is 4.26. The summed E-state index contributed by atoms with van der Waals surface area (Å²) in [5.41, 5.74) is 0.974. The van der Waals surface area contributed by atoms with E-state index in [2.05, 4.69) is 0 Å². The topological polar surface area (TPSA) is 57.6 Å². The number of carboxylic acids is 1. The summed E-state index contributed by atoms with van der Waals surface area (Å²) in [5, 5.41) is 9.23. The van der Waals surface area contributed by atoms with E-state index in [4.69, 9.17) is 0 Å². The van der Waals surface area contributed by atoms with Crippen LogP contribution in [0.4, 0.5) is 0 Å². The molecule has 0 spiro atoms. The van der Waals surface area contributed by atoms with E-state index in [9.17, 15) is 14.7 Å². The lowest BCUT2D eigenvalue weighted by atomic mass is 9.88. The molecular formula is C16H21NO3. The number of likely N-dealkylation sites (tertiary alicyclic amines) is 1. The van der Waals surface area contributed by atoms with Crippen molar-refractivity contribution in [3.05, 3.63) is 35.9 Å². The molecule has 1 fully saturated rings. The maximum absolute atomic E-state index is 12.6. The van der Waals surface area contributed by atoms with Crippen molar-refractivity contribution in [2.24, 2.45) is 5.92 Å². The quantitative estimate of drug-likeness (QED) is 0.922. The predicted molar refractivity (Wildman–Crippen MR) is 76.4 cm³/mol. The monoisotopic (exact) mass is 275 g/mol. The van der Waals surface area contributed by atoms with Crippen LogP contribution in [-0.4, -0.2) is 34.5 Å². The average molecular weight is 275 g/mol. The number of benzene rings is 1. The molecule has 0 unspecified atom stereocenters. The van der Waals surface area contributed by atoms with Gasteiger partial charge in [-0.1, -0.05) is 30.3 Å². The van der Waals surface area contributed by atoms with E-state index in [1.807, 2.05) is 44.2 Å². The molecule has 1 amide bonds. The Labute approximate surface area is 119 Å². The summed E-state index contributed by atoms with van der Waals surface area (Å²) in [7, 11) is 0. The highest BCUT2D eigenvalue weighted by Crippen LogP contribution is 2.27. The molecule has 0 radical (unpaired) electrons. The van der Waals surface area contributed by atoms with E-state index in [1.54, 1.807) is 4.90 Å². The van der Waals surface area contributed by atoms with Crippen molar-refractivity contribution >= 4 is 11.9 Å². The molecule has 0 aromatic heterocycles. The summed E-state index contributed by atoms with van der Waals surface area (Å²) in [6.45, 7) is 4.38. The fraction of sp³-hybridized carbons (Fsp3) is 0.500. The molecule has 1 aromatic rings. The van der Waals surface area contributed by atoms with Crippen LogP contribution < -0.4 is 0 Å². The summed E-state index contributed by atoms with van der Waals surface area (Å²) in [6, 6.07) is 9.39. The SMILES string of the molecule is C[C@H](C(=O)N1CCC[C@H](C(=O)O)[C@@H]1C)c1ccccc1. The second kappa shape index (κ2) is 6.07. The number of hydrogen-bond donors (Lipinski definition) is 1. The molecule has 2 rings (SSSR count). The first kappa shape index (κ1) is 14.6. The number of amides is 1. The summed E-state index contributed by atoms with van der Waals surface area (Å²) in [6.07, 6.45) is 1.41. The van der Waals surface area contributed by atoms with Crippen LogP contribution >= 0.6 is 0 Å². The summed E-state index contributed by atoms with van der Waals surface area (Å²) in [4.78, 5) is 25.6. The molecule has 4 heteroatoms. The first-order chi connectivity index (χ1) is 9.52. The first-order valence-electron chi connectivity index (χ1n) is 7.10. The van der Waals surface area contributed by atoms with Gasteiger partial charge in [-0.3, -0.25) is 9.59 Å². The summed E-state index contributed by atoms with van der Waals surface area (Å²) in [5.74, 6) is -1.46. The standard InChI is InChI=1S/C16H21NO3/c1-11(13-7-4-3-5-8-13)15(18)17-10-6-9-14(12(17)2)16(19)20/h3-5,7-8,11-12,14H,6,9-10H2,1-2H3,(H,19,20)/t11-,12-,14-/m0/s1. The molecule has 0 bridgehead atoms. The van der Waals surface area contributed by atoms with Crippen molar-refractivity contribution in [3.8, 4) is 0 Å². The van der Waals surface area contributed by atoms with Crippen LogP contribution in [0.3, 0.4) is 0 Å². The number of piperidine rings is 1. The fourth-order valence-corrected chi connectivity index (χ4v) is 2.92. The molecule has 1 aromatic carbocycles. The Morgan fingerprint density at radius 1 is 1.30 bits per heavy atom. The minimum absolute atomic E-state index is 0.0228. The molecule has 1 aliphatic heterocycles. The highest BCUT2D eigenvalue weighted by Gasteiger charge is 2.36. The molecule has 0 aliphatic carbocycles. The lowest BCUT2D eigenvalue weighted by molar-refractivity contribution is -0.149. The number of hydrogen-bond acceptors (Lipinski definition) is 2. The Balaban J connectivity index is 2.14. The molecule has 3 atom stereocenters. The molecule has 1 heterocycles. The highest BCUT2D eigenvalue weighted by molar-refractivity contribution is 5.84. The lowest BCUT2D eigenvalue weighted by Gasteiger charge is -2.39. The Morgan fingerprint density at radius 3 is 2.55 bits per heavy atom. The van der Waals surface area contributed by atoms with Gasteiger partial charge in [0.25, 0.3) is 0 Å². The van der Waals surface area contributed by atoms with Crippen molar-refractivity contribution in [2.75, 3.05) is 6.54 Å². The largest absolute Gasteiger partial charge is 0.481 e. The van der Waals surface area contributed by atoms with Gasteiger partial charge >= 0.3 is 5.97 Å². The molecule has 1 saturated heterocycles. The average Bonchev–Trinajstić information content (AvgIpc) is 2.46. The zero-order chi connectivity index (χ0) is 14.7. The fourth-order valence-electron chi connectivity index (χ4n) is 2.92. The van der Waals surface area contributed by atoms with Gasteiger partial charge in [0.05, 0.1) is 11.8 Å². The second-order valence-electron chi connectivity index (χ2n) is 5.49. The van der Waals surface area contributed by atoms with Gasteiger partial charge in [0.15, 0.2) is 0 Å². The van der Waals surface area contributed by atoms with Gasteiger partial charge < -0.3 is 10.0 Å². The Kier molecular flexibility index (Phi) is 4.42. The van der Waals surface area contributed by atoms with Gasteiger partial charge in [0.2, 0.25) is 5.91 Å². The van der Waals surface area contributed by atoms with Crippen molar-refractivity contribution < 1.29 is 14.7 Å². The van der Waals surface area contributed by atoms with Crippen LogP contribution in [0.5, 0.6) is 0 Å². The van der Waals surface area contributed by atoms with Gasteiger partial charge in [-0.2, -0.15) is 0 Å². The Hall–Kier alpha value is -1.84. The zero-order valence-corrected chi connectivity index (χ0v) is 12.0. The summed E-state index contributed by atoms with van der Waals surface area (Å²) >= 11 is 0. The Bertz CT molecular complexity index is 486. The van der Waals surface area contributed by atoms with E-state index >= 15 is 0 Å². The van der Waals surface area contributed by atoms with Gasteiger partial charge in [0, 0.05) is 12.6 Å². The number of carboxylic acid groups (broad SMARTS) is 1. The van der Waals surface area contributed by atoms with E-state index in [0.29, 0.717) is 13.0 Å². The third kappa shape index (κ3) is 2.84. The number of nitrogens with zero attached hydrogens (tertiary/aromatic N) is 1. The third-order valence-electron chi connectivity index (χ3n) is 4.26. The molecule has 0 saturated carbocycles. The molecule has 108 valence electrons. The maximum atomic E-state index is 12.6. The van der Waals surface area contributed by atoms with Crippen molar-refractivity contribution in [1.29, 1.82) is 0 Å². The highest BCUT2D eigenvalue weighted by atomic mass is 16.4. The van der Waals surface area contributed by atoms with Gasteiger partial charge in [-0.05, 0) is 32.3 Å². The summed E-state index contributed by atoms with van der Waals surface area (Å²) < 4.78 is 0. The minimum atomic E-state index is -0.803. The Morgan fingerprint density at radius 2 is 1.95 bits per heavy atom. The molecule has 1 aliphatic rings. The van der Waals surface area contributed by atoms with Crippen LogP contribution in [0.2, 0.25) is 0 Å². The van der Waals surface area contributed by atoms with Crippen LogP contribution in [-0.2, 0) is 9.59 Å². The van der Waals surface area contributed by atoms with E-state index in [-0.39, 0.29) is 17.9 Å². The van der Waals surface area contributed by atoms with Gasteiger partial charge in [-0.25, -0.2) is 0 Å². The number of carbonyl (C=O) groups excluding carboxylic acids is 1. The van der Waals surface area contributed by atoms with E-state index in [1.165, 1.54) is 0 Å². The van der Waals surface area contributed by atoms with Crippen molar-refractivity contribution in [2.45, 2.75) is 38.6 Å². The smallest absolute Gasteiger partial charge is 0.308 e. The number of rotatable bonds is 3. The van der Waals surface area contributed by atoms with Gasteiger partial charge in [-0.15, -0.1) is 0 Å². The molecule has 20 heavy (non-hydrogen) atoms. The van der Waals surface area contributed by atoms with Crippen LogP contribution in [0, 0.1) is 5.92 Å². The molecular weight excluding hydrogens is 254 g/mol. The van der Waals surface area contributed by atoms with Crippen LogP contribution in [0.15, 0.2) is 30.3 Å². The second-order valence-corrected chi connectivity index (χ2v) is 5.49. The normalized spacial score (nSPS) is 24.2. The van der Waals surface area contributed by atoms with Crippen molar-refractivity contribution in [1.82, 2.24) is 4.90 Å². The van der Waals surface area contributed by atoms with Crippen LogP contribution in [0.25, 0.3) is 0 Å². The molecule has 4 nitrogen and oxygen atoms in total. The zero-order valence-electron chi connectivity index (χ0n) is 12.0. The minimum Gasteiger partial charge on any atom is -0.481 e. The predicted octanol–water partition coefficient (Wildman–Crippen LogP) is 2.50. The molecule has 1 N–H and O–H groups in total. The van der Waals surface area contributed by atoms with E-state index in [0.717, 1.165) is 12.0 Å². The van der Waals surface area contributed by atoms with Crippen LogP contribution in [0.1, 0.15) is 38.2 Å². The maximum Gasteiger partial charge on any atom is 0.308 e.